The zero-order chi connectivity index (χ0) is 22.9. The summed E-state index contributed by atoms with van der Waals surface area (Å²) in [6, 6.07) is 10.1. The zero-order valence-corrected chi connectivity index (χ0v) is 19.4. The molecular weight excluding hydrogens is 408 g/mol. The minimum absolute atomic E-state index is 0.175. The molecule has 1 unspecified atom stereocenters. The number of carbonyl (C=O) groups excluding carboxylic acids is 1. The number of hydrogen-bond acceptors (Lipinski definition) is 6. The summed E-state index contributed by atoms with van der Waals surface area (Å²) < 4.78 is 16.1. The fourth-order valence-corrected chi connectivity index (χ4v) is 4.06. The lowest BCUT2D eigenvalue weighted by atomic mass is 10.0. The van der Waals surface area contributed by atoms with Gasteiger partial charge >= 0.3 is 5.97 Å². The number of benzene rings is 1. The summed E-state index contributed by atoms with van der Waals surface area (Å²) in [6.07, 6.45) is 2.42. The molecule has 2 N–H and O–H groups in total. The highest BCUT2D eigenvalue weighted by Gasteiger charge is 2.26. The first-order chi connectivity index (χ1) is 15.6. The molecule has 0 saturated carbocycles. The van der Waals surface area contributed by atoms with Crippen molar-refractivity contribution in [2.75, 3.05) is 40.4 Å². The van der Waals surface area contributed by atoms with Crippen molar-refractivity contribution in [3.63, 3.8) is 0 Å². The molecule has 1 aliphatic rings. The van der Waals surface area contributed by atoms with Crippen LogP contribution in [0.2, 0.25) is 0 Å². The van der Waals surface area contributed by atoms with Gasteiger partial charge in [-0.05, 0) is 51.9 Å². The average Bonchev–Trinajstić information content (AvgIpc) is 3.47. The highest BCUT2D eigenvalue weighted by Crippen LogP contribution is 2.31. The van der Waals surface area contributed by atoms with Crippen molar-refractivity contribution in [3.05, 3.63) is 53.0 Å². The van der Waals surface area contributed by atoms with E-state index in [0.717, 1.165) is 25.4 Å². The van der Waals surface area contributed by atoms with Crippen LogP contribution in [0.25, 0.3) is 0 Å². The highest BCUT2D eigenvalue weighted by atomic mass is 16.5. The van der Waals surface area contributed by atoms with E-state index in [1.54, 1.807) is 20.1 Å². The van der Waals surface area contributed by atoms with E-state index in [1.165, 1.54) is 25.5 Å². The van der Waals surface area contributed by atoms with Gasteiger partial charge in [-0.2, -0.15) is 0 Å². The molecule has 1 saturated heterocycles. The summed E-state index contributed by atoms with van der Waals surface area (Å²) in [5.74, 6) is 2.33. The van der Waals surface area contributed by atoms with Gasteiger partial charge in [-0.15, -0.1) is 0 Å². The van der Waals surface area contributed by atoms with Crippen LogP contribution in [-0.4, -0.2) is 57.2 Å². The quantitative estimate of drug-likeness (QED) is 0.350. The maximum atomic E-state index is 11.8. The molecule has 0 radical (unpaired) electrons. The van der Waals surface area contributed by atoms with Crippen LogP contribution in [0.5, 0.6) is 5.75 Å². The van der Waals surface area contributed by atoms with Crippen LogP contribution < -0.4 is 15.4 Å². The van der Waals surface area contributed by atoms with Gasteiger partial charge in [0.05, 0.1) is 20.3 Å². The highest BCUT2D eigenvalue weighted by molar-refractivity contribution is 5.90. The lowest BCUT2D eigenvalue weighted by Crippen LogP contribution is -2.42. The minimum atomic E-state index is -0.406. The van der Waals surface area contributed by atoms with Crippen molar-refractivity contribution in [2.45, 2.75) is 39.3 Å². The second-order valence-electron chi connectivity index (χ2n) is 7.75. The van der Waals surface area contributed by atoms with Crippen LogP contribution in [0, 0.1) is 6.92 Å². The first-order valence-corrected chi connectivity index (χ1v) is 11.1. The van der Waals surface area contributed by atoms with E-state index in [1.807, 2.05) is 19.1 Å². The summed E-state index contributed by atoms with van der Waals surface area (Å²) in [5, 5.41) is 6.77. The zero-order valence-electron chi connectivity index (χ0n) is 19.4. The Morgan fingerprint density at radius 2 is 1.97 bits per heavy atom. The van der Waals surface area contributed by atoms with Crippen LogP contribution in [0.3, 0.4) is 0 Å². The summed E-state index contributed by atoms with van der Waals surface area (Å²) in [7, 11) is 3.07. The molecule has 2 aromatic rings. The van der Waals surface area contributed by atoms with Crippen molar-refractivity contribution in [1.29, 1.82) is 0 Å². The van der Waals surface area contributed by atoms with Crippen molar-refractivity contribution >= 4 is 11.9 Å². The Hall–Kier alpha value is -3.00. The molecule has 3 rings (SSSR count). The fraction of sp³-hybridized carbons (Fsp3) is 0.500. The van der Waals surface area contributed by atoms with Gasteiger partial charge in [0.1, 0.15) is 29.4 Å². The Morgan fingerprint density at radius 1 is 1.22 bits per heavy atom. The third-order valence-corrected chi connectivity index (χ3v) is 5.65. The second kappa shape index (κ2) is 11.6. The van der Waals surface area contributed by atoms with Crippen LogP contribution in [0.15, 0.2) is 39.7 Å². The van der Waals surface area contributed by atoms with Crippen molar-refractivity contribution in [2.24, 2.45) is 4.99 Å². The predicted octanol–water partition coefficient (Wildman–Crippen LogP) is 3.28. The number of para-hydroxylation sites is 1. The smallest absolute Gasteiger partial charge is 0.341 e. The van der Waals surface area contributed by atoms with E-state index in [9.17, 15) is 4.79 Å². The van der Waals surface area contributed by atoms with Gasteiger partial charge < -0.3 is 24.5 Å². The van der Waals surface area contributed by atoms with Crippen LogP contribution >= 0.6 is 0 Å². The summed E-state index contributed by atoms with van der Waals surface area (Å²) in [4.78, 5) is 19.0. The Kier molecular flexibility index (Phi) is 8.56. The number of aliphatic imine (C=N–C) groups is 1. The molecule has 1 aliphatic heterocycles. The molecule has 174 valence electrons. The molecule has 1 fully saturated rings. The molecule has 0 bridgehead atoms. The topological polar surface area (TPSA) is 88.3 Å². The SMILES string of the molecule is CCNC(=NCc1cc(C(=O)OC)c(C)o1)NCC(c1ccccc1OC)N1CCCC1. The summed E-state index contributed by atoms with van der Waals surface area (Å²) in [5.41, 5.74) is 1.60. The lowest BCUT2D eigenvalue weighted by molar-refractivity contribution is 0.0599. The van der Waals surface area contributed by atoms with Gasteiger partial charge in [0, 0.05) is 18.7 Å². The van der Waals surface area contributed by atoms with Crippen LogP contribution in [0.4, 0.5) is 0 Å². The average molecular weight is 443 g/mol. The predicted molar refractivity (Wildman–Crippen MR) is 124 cm³/mol. The van der Waals surface area contributed by atoms with Gasteiger partial charge in [-0.25, -0.2) is 9.79 Å². The van der Waals surface area contributed by atoms with Crippen molar-refractivity contribution in [3.8, 4) is 5.75 Å². The summed E-state index contributed by atoms with van der Waals surface area (Å²) in [6.45, 7) is 7.66. The second-order valence-corrected chi connectivity index (χ2v) is 7.75. The van der Waals surface area contributed by atoms with Gasteiger partial charge in [-0.1, -0.05) is 18.2 Å². The molecule has 0 aliphatic carbocycles. The van der Waals surface area contributed by atoms with Crippen LogP contribution in [-0.2, 0) is 11.3 Å². The number of likely N-dealkylation sites (tertiary alicyclic amines) is 1. The van der Waals surface area contributed by atoms with E-state index in [4.69, 9.17) is 13.9 Å². The van der Waals surface area contributed by atoms with E-state index in [-0.39, 0.29) is 6.04 Å². The third kappa shape index (κ3) is 5.82. The number of nitrogens with zero attached hydrogens (tertiary/aromatic N) is 2. The lowest BCUT2D eigenvalue weighted by Gasteiger charge is -2.30. The number of guanidine groups is 1. The molecule has 2 heterocycles. The Morgan fingerprint density at radius 3 is 2.66 bits per heavy atom. The van der Waals surface area contributed by atoms with Gasteiger partial charge in [0.2, 0.25) is 0 Å². The molecular formula is C24H34N4O4. The number of carbonyl (C=O) groups is 1. The van der Waals surface area contributed by atoms with E-state index in [0.29, 0.717) is 36.1 Å². The number of nitrogens with one attached hydrogen (secondary N) is 2. The monoisotopic (exact) mass is 442 g/mol. The molecule has 0 spiro atoms. The number of methoxy groups -OCH3 is 2. The number of hydrogen-bond donors (Lipinski definition) is 2. The summed E-state index contributed by atoms with van der Waals surface area (Å²) >= 11 is 0. The fourth-order valence-electron chi connectivity index (χ4n) is 4.06. The Labute approximate surface area is 190 Å². The Balaban J connectivity index is 1.74. The largest absolute Gasteiger partial charge is 0.496 e. The molecule has 1 atom stereocenters. The van der Waals surface area contributed by atoms with Gasteiger partial charge in [-0.3, -0.25) is 4.90 Å². The molecule has 1 aromatic heterocycles. The number of esters is 1. The maximum Gasteiger partial charge on any atom is 0.341 e. The van der Waals surface area contributed by atoms with Crippen LogP contribution in [0.1, 0.15) is 53.2 Å². The van der Waals surface area contributed by atoms with Crippen molar-refractivity contribution in [1.82, 2.24) is 15.5 Å². The molecule has 32 heavy (non-hydrogen) atoms. The third-order valence-electron chi connectivity index (χ3n) is 5.65. The van der Waals surface area contributed by atoms with E-state index < -0.39 is 5.97 Å². The first-order valence-electron chi connectivity index (χ1n) is 11.1. The number of ether oxygens (including phenoxy) is 2. The molecule has 0 amide bonds. The van der Waals surface area contributed by atoms with Gasteiger partial charge in [0.15, 0.2) is 5.96 Å². The standard InChI is InChI=1S/C24H34N4O4/c1-5-25-24(26-15-18-14-20(17(2)32-18)23(29)31-4)27-16-21(28-12-8-9-13-28)19-10-6-7-11-22(19)30-3/h6-7,10-11,14,21H,5,8-9,12-13,15-16H2,1-4H3,(H2,25,26,27). The molecule has 1 aromatic carbocycles. The minimum Gasteiger partial charge on any atom is -0.496 e. The number of rotatable bonds is 9. The van der Waals surface area contributed by atoms with Gasteiger partial charge in [0.25, 0.3) is 0 Å². The number of furan rings is 1. The first kappa shape index (κ1) is 23.7. The normalized spacial score (nSPS) is 15.4. The van der Waals surface area contributed by atoms with E-state index >= 15 is 0 Å². The molecule has 8 nitrogen and oxygen atoms in total. The molecule has 8 heteroatoms. The number of aryl methyl sites for hydroxylation is 1. The Bertz CT molecular complexity index is 918. The van der Waals surface area contributed by atoms with E-state index in [2.05, 4.69) is 32.7 Å². The van der Waals surface area contributed by atoms with Crippen molar-refractivity contribution < 1.29 is 18.7 Å². The maximum absolute atomic E-state index is 11.8.